The molecular weight excluding hydrogens is 472 g/mol. The van der Waals surface area contributed by atoms with E-state index in [4.69, 9.17) is 4.42 Å². The molecule has 0 saturated carbocycles. The van der Waals surface area contributed by atoms with Crippen molar-refractivity contribution in [3.05, 3.63) is 54.1 Å². The number of aromatic nitrogens is 2. The van der Waals surface area contributed by atoms with Crippen molar-refractivity contribution in [2.24, 2.45) is 11.8 Å². The normalized spacial score (nSPS) is 12.0. The third-order valence-electron chi connectivity index (χ3n) is 4.87. The fourth-order valence-electron chi connectivity index (χ4n) is 3.39. The number of hydrogen-bond acceptors (Lipinski definition) is 7. The molecule has 0 unspecified atom stereocenters. The summed E-state index contributed by atoms with van der Waals surface area (Å²) in [5, 5.41) is 10.5. The van der Waals surface area contributed by atoms with Crippen molar-refractivity contribution < 1.29 is 17.6 Å². The average Bonchev–Trinajstić information content (AvgIpc) is 3.26. The molecule has 0 fully saturated rings. The minimum absolute atomic E-state index is 0.0346. The number of anilines is 1. The number of nitrogens with zero attached hydrogens (tertiary/aromatic N) is 3. The van der Waals surface area contributed by atoms with Gasteiger partial charge in [-0.25, -0.2) is 8.42 Å². The zero-order chi connectivity index (χ0) is 24.9. The Morgan fingerprint density at radius 3 is 2.21 bits per heavy atom. The van der Waals surface area contributed by atoms with Crippen LogP contribution in [0.5, 0.6) is 0 Å². The number of nitrogens with one attached hydrogen (secondary N) is 1. The van der Waals surface area contributed by atoms with Crippen LogP contribution in [-0.2, 0) is 10.0 Å². The van der Waals surface area contributed by atoms with Gasteiger partial charge in [0.05, 0.1) is 10.5 Å². The second-order valence-electron chi connectivity index (χ2n) is 8.70. The smallest absolute Gasteiger partial charge is 0.322 e. The summed E-state index contributed by atoms with van der Waals surface area (Å²) in [7, 11) is -3.67. The molecule has 1 amide bonds. The van der Waals surface area contributed by atoms with E-state index in [0.717, 1.165) is 10.5 Å². The molecule has 1 heterocycles. The molecule has 0 aliphatic carbocycles. The van der Waals surface area contributed by atoms with Crippen LogP contribution in [0.4, 0.5) is 6.01 Å². The van der Waals surface area contributed by atoms with E-state index in [1.807, 2.05) is 58.2 Å². The number of carbonyl (C=O) groups is 1. The van der Waals surface area contributed by atoms with E-state index in [0.29, 0.717) is 19.0 Å². The topological polar surface area (TPSA) is 105 Å². The van der Waals surface area contributed by atoms with Crippen LogP contribution >= 0.6 is 11.8 Å². The summed E-state index contributed by atoms with van der Waals surface area (Å²) in [6, 6.07) is 13.4. The van der Waals surface area contributed by atoms with Crippen LogP contribution in [0.1, 0.15) is 38.1 Å². The Morgan fingerprint density at radius 1 is 1.00 bits per heavy atom. The third kappa shape index (κ3) is 6.25. The van der Waals surface area contributed by atoms with E-state index in [1.54, 1.807) is 11.8 Å². The predicted molar refractivity (Wildman–Crippen MR) is 134 cm³/mol. The van der Waals surface area contributed by atoms with Crippen molar-refractivity contribution in [2.45, 2.75) is 37.5 Å². The highest BCUT2D eigenvalue weighted by Crippen LogP contribution is 2.29. The zero-order valence-electron chi connectivity index (χ0n) is 20.0. The highest BCUT2D eigenvalue weighted by molar-refractivity contribution is 7.98. The Balaban J connectivity index is 1.75. The zero-order valence-corrected chi connectivity index (χ0v) is 21.6. The van der Waals surface area contributed by atoms with Crippen molar-refractivity contribution >= 4 is 33.7 Å². The minimum Gasteiger partial charge on any atom is -0.403 e. The van der Waals surface area contributed by atoms with E-state index in [1.165, 1.54) is 28.6 Å². The SMILES string of the molecule is CSc1ccccc1-c1nnc(NC(=O)c2ccc(S(=O)(=O)N(CC(C)C)CC(C)C)cc2)o1. The number of hydrogen-bond donors (Lipinski definition) is 1. The van der Waals surface area contributed by atoms with Gasteiger partial charge in [-0.1, -0.05) is 44.9 Å². The van der Waals surface area contributed by atoms with E-state index in [9.17, 15) is 13.2 Å². The van der Waals surface area contributed by atoms with E-state index in [-0.39, 0.29) is 28.3 Å². The first kappa shape index (κ1) is 25.9. The Bertz CT molecular complexity index is 1210. The summed E-state index contributed by atoms with van der Waals surface area (Å²) < 4.78 is 33.4. The number of rotatable bonds is 10. The van der Waals surface area contributed by atoms with Gasteiger partial charge in [-0.3, -0.25) is 10.1 Å². The molecule has 0 saturated heterocycles. The largest absolute Gasteiger partial charge is 0.403 e. The first-order valence-electron chi connectivity index (χ1n) is 11.0. The summed E-state index contributed by atoms with van der Waals surface area (Å²) in [6.45, 7) is 8.81. The van der Waals surface area contributed by atoms with Crippen LogP contribution in [0.3, 0.4) is 0 Å². The highest BCUT2D eigenvalue weighted by Gasteiger charge is 2.26. The summed E-state index contributed by atoms with van der Waals surface area (Å²) in [5.41, 5.74) is 1.06. The predicted octanol–water partition coefficient (Wildman–Crippen LogP) is 5.01. The maximum Gasteiger partial charge on any atom is 0.322 e. The van der Waals surface area contributed by atoms with E-state index >= 15 is 0 Å². The van der Waals surface area contributed by atoms with Gasteiger partial charge in [-0.05, 0) is 54.5 Å². The first-order valence-corrected chi connectivity index (χ1v) is 13.7. The third-order valence-corrected chi connectivity index (χ3v) is 7.52. The Kier molecular flexibility index (Phi) is 8.51. The van der Waals surface area contributed by atoms with Gasteiger partial charge < -0.3 is 4.42 Å². The van der Waals surface area contributed by atoms with Crippen molar-refractivity contribution in [2.75, 3.05) is 24.7 Å². The molecule has 0 spiro atoms. The van der Waals surface area contributed by atoms with Gasteiger partial charge in [0.25, 0.3) is 11.8 Å². The molecule has 0 radical (unpaired) electrons. The van der Waals surface area contributed by atoms with Gasteiger partial charge in [0.15, 0.2) is 0 Å². The van der Waals surface area contributed by atoms with Crippen LogP contribution < -0.4 is 5.32 Å². The maximum atomic E-state index is 13.2. The number of benzene rings is 2. The minimum atomic E-state index is -3.67. The molecule has 10 heteroatoms. The van der Waals surface area contributed by atoms with Gasteiger partial charge in [0.1, 0.15) is 0 Å². The molecule has 0 bridgehead atoms. The van der Waals surface area contributed by atoms with Crippen molar-refractivity contribution in [1.82, 2.24) is 14.5 Å². The monoisotopic (exact) mass is 502 g/mol. The van der Waals surface area contributed by atoms with Crippen LogP contribution in [0.25, 0.3) is 11.5 Å². The highest BCUT2D eigenvalue weighted by atomic mass is 32.2. The molecule has 182 valence electrons. The van der Waals surface area contributed by atoms with Crippen molar-refractivity contribution in [3.63, 3.8) is 0 Å². The summed E-state index contributed by atoms with van der Waals surface area (Å²) in [4.78, 5) is 13.8. The quantitative estimate of drug-likeness (QED) is 0.388. The van der Waals surface area contributed by atoms with Gasteiger partial charge in [-0.15, -0.1) is 16.9 Å². The van der Waals surface area contributed by atoms with E-state index in [2.05, 4.69) is 15.5 Å². The summed E-state index contributed by atoms with van der Waals surface area (Å²) >= 11 is 1.55. The van der Waals surface area contributed by atoms with Gasteiger partial charge >= 0.3 is 6.01 Å². The maximum absolute atomic E-state index is 13.2. The molecule has 3 aromatic rings. The van der Waals surface area contributed by atoms with Crippen LogP contribution in [0.2, 0.25) is 0 Å². The molecule has 2 aromatic carbocycles. The molecule has 1 N–H and O–H groups in total. The summed E-state index contributed by atoms with van der Waals surface area (Å²) in [5.74, 6) is 0.220. The lowest BCUT2D eigenvalue weighted by molar-refractivity contribution is 0.102. The molecular formula is C24H30N4O4S2. The molecule has 1 aromatic heterocycles. The average molecular weight is 503 g/mol. The lowest BCUT2D eigenvalue weighted by atomic mass is 10.2. The van der Waals surface area contributed by atoms with Crippen molar-refractivity contribution in [1.29, 1.82) is 0 Å². The molecule has 34 heavy (non-hydrogen) atoms. The molecule has 0 aliphatic heterocycles. The van der Waals surface area contributed by atoms with Crippen LogP contribution in [0.15, 0.2) is 62.7 Å². The van der Waals surface area contributed by atoms with Gasteiger partial charge in [0.2, 0.25) is 10.0 Å². The lowest BCUT2D eigenvalue weighted by Gasteiger charge is -2.25. The number of sulfonamides is 1. The second-order valence-corrected chi connectivity index (χ2v) is 11.5. The Hall–Kier alpha value is -2.69. The standard InChI is InChI=1S/C24H30N4O4S2/c1-16(2)14-28(15-17(3)4)34(30,31)19-12-10-18(11-13-19)22(29)25-24-27-26-23(32-24)20-8-6-7-9-21(20)33-5/h6-13,16-17H,14-15H2,1-5H3,(H,25,27,29). The molecule has 3 rings (SSSR count). The lowest BCUT2D eigenvalue weighted by Crippen LogP contribution is -2.37. The first-order chi connectivity index (χ1) is 16.1. The van der Waals surface area contributed by atoms with Crippen molar-refractivity contribution in [3.8, 4) is 11.5 Å². The Morgan fingerprint density at radius 2 is 1.62 bits per heavy atom. The van der Waals surface area contributed by atoms with E-state index < -0.39 is 15.9 Å². The number of amides is 1. The van der Waals surface area contributed by atoms with Crippen LogP contribution in [0, 0.1) is 11.8 Å². The fourth-order valence-corrected chi connectivity index (χ4v) is 5.74. The van der Waals surface area contributed by atoms with Gasteiger partial charge in [-0.2, -0.15) is 4.31 Å². The molecule has 0 atom stereocenters. The second kappa shape index (κ2) is 11.2. The Labute approximate surface area is 205 Å². The van der Waals surface area contributed by atoms with Crippen LogP contribution in [-0.4, -0.2) is 48.2 Å². The van der Waals surface area contributed by atoms with Gasteiger partial charge in [0, 0.05) is 23.5 Å². The molecule has 8 nitrogen and oxygen atoms in total. The summed E-state index contributed by atoms with van der Waals surface area (Å²) in [6.07, 6.45) is 1.95. The fraction of sp³-hybridized carbons (Fsp3) is 0.375. The molecule has 0 aliphatic rings. The number of carbonyl (C=O) groups excluding carboxylic acids is 1. The number of thioether (sulfide) groups is 1.